The van der Waals surface area contributed by atoms with Gasteiger partial charge in [-0.25, -0.2) is 4.98 Å². The molecule has 0 radical (unpaired) electrons. The third-order valence-electron chi connectivity index (χ3n) is 3.45. The van der Waals surface area contributed by atoms with Crippen LogP contribution in [-0.4, -0.2) is 9.55 Å². The van der Waals surface area contributed by atoms with E-state index in [2.05, 4.69) is 18.4 Å². The van der Waals surface area contributed by atoms with Crippen LogP contribution >= 0.6 is 23.2 Å². The molecule has 0 aliphatic carbocycles. The number of aromatic nitrogens is 2. The highest BCUT2D eigenvalue weighted by Gasteiger charge is 2.18. The maximum Gasteiger partial charge on any atom is 0.143 e. The molecule has 1 aromatic heterocycles. The van der Waals surface area contributed by atoms with E-state index in [0.29, 0.717) is 15.7 Å². The van der Waals surface area contributed by atoms with Gasteiger partial charge in [0.25, 0.3) is 0 Å². The van der Waals surface area contributed by atoms with Gasteiger partial charge in [0.1, 0.15) is 5.82 Å². The molecule has 0 amide bonds. The number of nitrogen functional groups attached to an aromatic ring is 1. The van der Waals surface area contributed by atoms with Crippen LogP contribution in [0.25, 0.3) is 22.4 Å². The lowest BCUT2D eigenvalue weighted by Gasteiger charge is -2.15. The Morgan fingerprint density at radius 1 is 1.14 bits per heavy atom. The Labute approximate surface area is 133 Å². The van der Waals surface area contributed by atoms with Gasteiger partial charge in [0.05, 0.1) is 21.7 Å². The van der Waals surface area contributed by atoms with Crippen LogP contribution in [0.3, 0.4) is 0 Å². The molecule has 3 rings (SSSR count). The summed E-state index contributed by atoms with van der Waals surface area (Å²) in [5.41, 5.74) is 9.39. The smallest absolute Gasteiger partial charge is 0.143 e. The molecule has 0 saturated heterocycles. The molecule has 0 bridgehead atoms. The molecule has 21 heavy (non-hydrogen) atoms. The number of halogens is 2. The lowest BCUT2D eigenvalue weighted by Crippen LogP contribution is -2.04. The lowest BCUT2D eigenvalue weighted by molar-refractivity contribution is 0.624. The SMILES string of the molecule is CC(C)n1c(-c2cc(Cl)cc(Cl)c2N)nc2ccccc21. The Morgan fingerprint density at radius 2 is 1.86 bits per heavy atom. The minimum atomic E-state index is 0.240. The number of anilines is 1. The van der Waals surface area contributed by atoms with Crippen molar-refractivity contribution in [3.63, 3.8) is 0 Å². The van der Waals surface area contributed by atoms with E-state index >= 15 is 0 Å². The van der Waals surface area contributed by atoms with E-state index in [-0.39, 0.29) is 6.04 Å². The number of benzene rings is 2. The predicted molar refractivity (Wildman–Crippen MR) is 90.0 cm³/mol. The molecule has 0 saturated carbocycles. The third-order valence-corrected chi connectivity index (χ3v) is 3.98. The van der Waals surface area contributed by atoms with Gasteiger partial charge in [-0.3, -0.25) is 0 Å². The van der Waals surface area contributed by atoms with Crippen LogP contribution in [0.4, 0.5) is 5.69 Å². The zero-order valence-electron chi connectivity index (χ0n) is 11.8. The van der Waals surface area contributed by atoms with E-state index in [1.54, 1.807) is 6.07 Å². The molecule has 0 fully saturated rings. The first-order valence-corrected chi connectivity index (χ1v) is 7.46. The number of nitrogens with two attached hydrogens (primary N) is 1. The van der Waals surface area contributed by atoms with Gasteiger partial charge < -0.3 is 10.3 Å². The van der Waals surface area contributed by atoms with Crippen LogP contribution < -0.4 is 5.73 Å². The number of hydrogen-bond acceptors (Lipinski definition) is 2. The lowest BCUT2D eigenvalue weighted by atomic mass is 10.1. The molecule has 0 unspecified atom stereocenters. The molecule has 2 aromatic carbocycles. The molecular formula is C16H15Cl2N3. The van der Waals surface area contributed by atoms with Gasteiger partial charge in [0.15, 0.2) is 0 Å². The van der Waals surface area contributed by atoms with E-state index in [1.807, 2.05) is 30.3 Å². The van der Waals surface area contributed by atoms with Crippen LogP contribution in [0.1, 0.15) is 19.9 Å². The quantitative estimate of drug-likeness (QED) is 0.662. The van der Waals surface area contributed by atoms with Gasteiger partial charge >= 0.3 is 0 Å². The van der Waals surface area contributed by atoms with E-state index < -0.39 is 0 Å². The number of para-hydroxylation sites is 2. The Balaban J connectivity index is 2.38. The van der Waals surface area contributed by atoms with Crippen molar-refractivity contribution in [2.75, 3.05) is 5.73 Å². The van der Waals surface area contributed by atoms with E-state index in [1.165, 1.54) is 0 Å². The van der Waals surface area contributed by atoms with Crippen molar-refractivity contribution in [3.05, 3.63) is 46.4 Å². The standard InChI is InChI=1S/C16H15Cl2N3/c1-9(2)21-14-6-4-3-5-13(14)20-16(21)11-7-10(17)8-12(18)15(11)19/h3-9H,19H2,1-2H3. The van der Waals surface area contributed by atoms with Crippen LogP contribution in [0.2, 0.25) is 10.0 Å². The summed E-state index contributed by atoms with van der Waals surface area (Å²) in [5.74, 6) is 0.785. The van der Waals surface area contributed by atoms with Gasteiger partial charge in [-0.15, -0.1) is 0 Å². The first kappa shape index (κ1) is 14.2. The molecule has 0 aliphatic heterocycles. The molecule has 3 nitrogen and oxygen atoms in total. The maximum atomic E-state index is 6.15. The van der Waals surface area contributed by atoms with E-state index in [9.17, 15) is 0 Å². The molecule has 0 spiro atoms. The summed E-state index contributed by atoms with van der Waals surface area (Å²) in [5, 5.41) is 0.992. The van der Waals surface area contributed by atoms with Gasteiger partial charge in [-0.1, -0.05) is 35.3 Å². The number of rotatable bonds is 2. The number of hydrogen-bond donors (Lipinski definition) is 1. The second-order valence-corrected chi connectivity index (χ2v) is 6.08. The summed E-state index contributed by atoms with van der Waals surface area (Å²) < 4.78 is 2.15. The summed E-state index contributed by atoms with van der Waals surface area (Å²) in [6.07, 6.45) is 0. The Hall–Kier alpha value is -1.71. The third kappa shape index (κ3) is 2.37. The van der Waals surface area contributed by atoms with E-state index in [0.717, 1.165) is 22.4 Å². The minimum Gasteiger partial charge on any atom is -0.397 e. The number of fused-ring (bicyclic) bond motifs is 1. The topological polar surface area (TPSA) is 43.8 Å². The van der Waals surface area contributed by atoms with Crippen LogP contribution in [0.5, 0.6) is 0 Å². The highest BCUT2D eigenvalue weighted by molar-refractivity contribution is 6.37. The molecule has 0 aliphatic rings. The van der Waals surface area contributed by atoms with Crippen molar-refractivity contribution in [2.45, 2.75) is 19.9 Å². The van der Waals surface area contributed by atoms with Gasteiger partial charge in [0.2, 0.25) is 0 Å². The van der Waals surface area contributed by atoms with E-state index in [4.69, 9.17) is 33.9 Å². The molecule has 5 heteroatoms. The average Bonchev–Trinajstić information content (AvgIpc) is 2.82. The molecule has 2 N–H and O–H groups in total. The molecule has 1 heterocycles. The zero-order chi connectivity index (χ0) is 15.1. The normalized spacial score (nSPS) is 11.5. The molecular weight excluding hydrogens is 305 g/mol. The number of imidazole rings is 1. The minimum absolute atomic E-state index is 0.240. The summed E-state index contributed by atoms with van der Waals surface area (Å²) in [6.45, 7) is 4.22. The van der Waals surface area contributed by atoms with Crippen LogP contribution in [-0.2, 0) is 0 Å². The van der Waals surface area contributed by atoms with Gasteiger partial charge in [-0.2, -0.15) is 0 Å². The largest absolute Gasteiger partial charge is 0.397 e. The Bertz CT molecular complexity index is 822. The monoisotopic (exact) mass is 319 g/mol. The second-order valence-electron chi connectivity index (χ2n) is 5.24. The van der Waals surface area contributed by atoms with Crippen LogP contribution in [0, 0.1) is 0 Å². The van der Waals surface area contributed by atoms with Crippen molar-refractivity contribution >= 4 is 39.9 Å². The van der Waals surface area contributed by atoms with Crippen molar-refractivity contribution in [1.82, 2.24) is 9.55 Å². The fraction of sp³-hybridized carbons (Fsp3) is 0.188. The van der Waals surface area contributed by atoms with Gasteiger partial charge in [0, 0.05) is 16.6 Å². The summed E-state index contributed by atoms with van der Waals surface area (Å²) in [6, 6.07) is 11.7. The second kappa shape index (κ2) is 5.24. The highest BCUT2D eigenvalue weighted by atomic mass is 35.5. The summed E-state index contributed by atoms with van der Waals surface area (Å²) in [7, 11) is 0. The van der Waals surface area contributed by atoms with Crippen molar-refractivity contribution in [1.29, 1.82) is 0 Å². The fourth-order valence-electron chi connectivity index (χ4n) is 2.53. The highest BCUT2D eigenvalue weighted by Crippen LogP contribution is 2.37. The first-order valence-electron chi connectivity index (χ1n) is 6.71. The van der Waals surface area contributed by atoms with Crippen molar-refractivity contribution in [3.8, 4) is 11.4 Å². The Kier molecular flexibility index (Phi) is 3.56. The predicted octanol–water partition coefficient (Wildman–Crippen LogP) is 5.17. The summed E-state index contributed by atoms with van der Waals surface area (Å²) >= 11 is 12.3. The van der Waals surface area contributed by atoms with Crippen molar-refractivity contribution < 1.29 is 0 Å². The van der Waals surface area contributed by atoms with Gasteiger partial charge in [-0.05, 0) is 38.1 Å². The molecule has 0 atom stereocenters. The first-order chi connectivity index (χ1) is 9.99. The average molecular weight is 320 g/mol. The number of nitrogens with zero attached hydrogens (tertiary/aromatic N) is 2. The fourth-order valence-corrected chi connectivity index (χ4v) is 3.02. The summed E-state index contributed by atoms with van der Waals surface area (Å²) in [4.78, 5) is 4.71. The zero-order valence-corrected chi connectivity index (χ0v) is 13.3. The maximum absolute atomic E-state index is 6.15. The molecule has 3 aromatic rings. The van der Waals surface area contributed by atoms with Crippen LogP contribution in [0.15, 0.2) is 36.4 Å². The molecule has 108 valence electrons. The Morgan fingerprint density at radius 3 is 2.57 bits per heavy atom. The van der Waals surface area contributed by atoms with Crippen molar-refractivity contribution in [2.24, 2.45) is 0 Å².